The molecular formula is C8H17NO5S. The van der Waals surface area contributed by atoms with Gasteiger partial charge in [0.05, 0.1) is 0 Å². The molecule has 15 heavy (non-hydrogen) atoms. The Bertz CT molecular complexity index is 317. The molecule has 0 heterocycles. The molecule has 90 valence electrons. The van der Waals surface area contributed by atoms with Gasteiger partial charge in [-0.2, -0.15) is 8.42 Å². The van der Waals surface area contributed by atoms with E-state index in [1.165, 1.54) is 0 Å². The van der Waals surface area contributed by atoms with Crippen LogP contribution < -0.4 is 5.32 Å². The Kier molecular flexibility index (Phi) is 6.43. The molecule has 1 amide bonds. The van der Waals surface area contributed by atoms with Crippen molar-refractivity contribution >= 4 is 16.3 Å². The molecule has 7 heteroatoms. The predicted molar refractivity (Wildman–Crippen MR) is 56.9 cm³/mol. The molecule has 0 radical (unpaired) electrons. The highest BCUT2D eigenvalue weighted by Crippen LogP contribution is 2.00. The lowest BCUT2D eigenvalue weighted by Crippen LogP contribution is -2.40. The third-order valence-corrected chi connectivity index (χ3v) is 0.876. The van der Waals surface area contributed by atoms with E-state index in [1.807, 2.05) is 20.8 Å². The highest BCUT2D eigenvalue weighted by Gasteiger charge is 2.12. The maximum absolute atomic E-state index is 10.9. The quantitative estimate of drug-likeness (QED) is 0.464. The summed E-state index contributed by atoms with van der Waals surface area (Å²) in [5.41, 5.74) is 0.394. The number of nitrogens with one attached hydrogen (secondary N) is 1. The van der Waals surface area contributed by atoms with Crippen molar-refractivity contribution in [2.24, 2.45) is 0 Å². The standard InChI is InChI=1S/C8H15NO.H2O4S/c1-6(2)7(10)9-8(3,4)5;1-5(2,3)4/h1H2,2-5H3,(H,9,10);(H2,1,2,3,4). The fraction of sp³-hybridized carbons (Fsp3) is 0.625. The Morgan fingerprint density at radius 1 is 1.27 bits per heavy atom. The van der Waals surface area contributed by atoms with E-state index in [9.17, 15) is 4.79 Å². The van der Waals surface area contributed by atoms with Gasteiger partial charge in [-0.05, 0) is 27.7 Å². The van der Waals surface area contributed by atoms with E-state index in [2.05, 4.69) is 11.9 Å². The first-order valence-electron chi connectivity index (χ1n) is 4.01. The summed E-state index contributed by atoms with van der Waals surface area (Å²) in [6.45, 7) is 11.0. The van der Waals surface area contributed by atoms with Crippen LogP contribution in [0.1, 0.15) is 27.7 Å². The Morgan fingerprint density at radius 3 is 1.60 bits per heavy atom. The lowest BCUT2D eigenvalue weighted by molar-refractivity contribution is -0.118. The van der Waals surface area contributed by atoms with Crippen LogP contribution in [0, 0.1) is 0 Å². The van der Waals surface area contributed by atoms with Crippen LogP contribution in [0.2, 0.25) is 0 Å². The molecule has 0 aliphatic carbocycles. The van der Waals surface area contributed by atoms with Crippen LogP contribution >= 0.6 is 0 Å². The summed E-state index contributed by atoms with van der Waals surface area (Å²) >= 11 is 0. The lowest BCUT2D eigenvalue weighted by Gasteiger charge is -2.20. The van der Waals surface area contributed by atoms with Gasteiger partial charge >= 0.3 is 10.4 Å². The first kappa shape index (κ1) is 16.5. The Hall–Kier alpha value is -0.920. The largest absolute Gasteiger partial charge is 0.394 e. The van der Waals surface area contributed by atoms with Gasteiger partial charge < -0.3 is 5.32 Å². The van der Waals surface area contributed by atoms with E-state index in [1.54, 1.807) is 6.92 Å². The van der Waals surface area contributed by atoms with E-state index >= 15 is 0 Å². The summed E-state index contributed by atoms with van der Waals surface area (Å²) in [5, 5.41) is 2.78. The number of carbonyl (C=O) groups excluding carboxylic acids is 1. The highest BCUT2D eigenvalue weighted by atomic mass is 32.3. The average molecular weight is 239 g/mol. The van der Waals surface area contributed by atoms with Gasteiger partial charge in [-0.25, -0.2) is 0 Å². The van der Waals surface area contributed by atoms with Crippen molar-refractivity contribution in [1.29, 1.82) is 0 Å². The van der Waals surface area contributed by atoms with Crippen molar-refractivity contribution in [3.8, 4) is 0 Å². The average Bonchev–Trinajstić information content (AvgIpc) is 1.78. The van der Waals surface area contributed by atoms with Crippen molar-refractivity contribution in [3.63, 3.8) is 0 Å². The normalized spacial score (nSPS) is 11.1. The van der Waals surface area contributed by atoms with Crippen LogP contribution in [0.15, 0.2) is 12.2 Å². The third kappa shape index (κ3) is 24.6. The van der Waals surface area contributed by atoms with E-state index in [0.717, 1.165) is 0 Å². The maximum Gasteiger partial charge on any atom is 0.394 e. The van der Waals surface area contributed by atoms with Crippen LogP contribution in [0.3, 0.4) is 0 Å². The zero-order valence-corrected chi connectivity index (χ0v) is 10.1. The molecule has 0 aromatic heterocycles. The van der Waals surface area contributed by atoms with Gasteiger partial charge in [-0.3, -0.25) is 13.9 Å². The molecule has 0 aliphatic rings. The van der Waals surface area contributed by atoms with E-state index < -0.39 is 10.4 Å². The molecule has 3 N–H and O–H groups in total. The number of carbonyl (C=O) groups is 1. The molecule has 0 unspecified atom stereocenters. The van der Waals surface area contributed by atoms with Gasteiger partial charge in [0.15, 0.2) is 0 Å². The van der Waals surface area contributed by atoms with Crippen molar-refractivity contribution in [1.82, 2.24) is 5.32 Å². The summed E-state index contributed by atoms with van der Waals surface area (Å²) in [6.07, 6.45) is 0. The fourth-order valence-electron chi connectivity index (χ4n) is 0.447. The lowest BCUT2D eigenvalue weighted by atomic mass is 10.1. The van der Waals surface area contributed by atoms with Crippen LogP contribution in [-0.4, -0.2) is 29.0 Å². The second-order valence-corrected chi connectivity index (χ2v) is 4.83. The molecule has 0 saturated heterocycles. The Morgan fingerprint density at radius 2 is 1.53 bits per heavy atom. The zero-order valence-electron chi connectivity index (χ0n) is 9.23. The van der Waals surface area contributed by atoms with Crippen molar-refractivity contribution in [2.75, 3.05) is 0 Å². The molecule has 0 aromatic rings. The number of rotatable bonds is 1. The molecule has 0 atom stereocenters. The molecule has 0 aliphatic heterocycles. The SMILES string of the molecule is C=C(C)C(=O)NC(C)(C)C.O=S(=O)(O)O. The minimum absolute atomic E-state index is 0.0764. The predicted octanol–water partition coefficient (Wildman–Crippen LogP) is 0.824. The van der Waals surface area contributed by atoms with Crippen LogP contribution in [-0.2, 0) is 15.2 Å². The molecular weight excluding hydrogens is 222 g/mol. The molecule has 0 saturated carbocycles. The van der Waals surface area contributed by atoms with Crippen molar-refractivity contribution in [3.05, 3.63) is 12.2 Å². The van der Waals surface area contributed by atoms with Gasteiger partial charge in [0.1, 0.15) is 0 Å². The number of hydrogen-bond donors (Lipinski definition) is 3. The molecule has 6 nitrogen and oxygen atoms in total. The van der Waals surface area contributed by atoms with E-state index in [0.29, 0.717) is 5.57 Å². The summed E-state index contributed by atoms with van der Waals surface area (Å²) in [4.78, 5) is 10.9. The minimum Gasteiger partial charge on any atom is -0.348 e. The molecule has 0 rings (SSSR count). The topological polar surface area (TPSA) is 104 Å². The first-order chi connectivity index (χ1) is 6.33. The van der Waals surface area contributed by atoms with Crippen molar-refractivity contribution < 1.29 is 22.3 Å². The summed E-state index contributed by atoms with van der Waals surface area (Å²) in [7, 11) is -4.67. The Labute approximate surface area is 90.0 Å². The number of hydrogen-bond acceptors (Lipinski definition) is 3. The third-order valence-electron chi connectivity index (χ3n) is 0.876. The molecule has 0 spiro atoms. The molecule has 0 fully saturated rings. The molecule has 0 aromatic carbocycles. The summed E-state index contributed by atoms with van der Waals surface area (Å²) in [6, 6.07) is 0. The maximum atomic E-state index is 10.9. The van der Waals surface area contributed by atoms with Crippen molar-refractivity contribution in [2.45, 2.75) is 33.2 Å². The van der Waals surface area contributed by atoms with Crippen LogP contribution in [0.25, 0.3) is 0 Å². The van der Waals surface area contributed by atoms with Gasteiger partial charge in [-0.15, -0.1) is 0 Å². The fourth-order valence-corrected chi connectivity index (χ4v) is 0.447. The summed E-state index contributed by atoms with van der Waals surface area (Å²) < 4.78 is 31.6. The smallest absolute Gasteiger partial charge is 0.348 e. The second-order valence-electron chi connectivity index (χ2n) is 3.93. The van der Waals surface area contributed by atoms with Gasteiger partial charge in [0.2, 0.25) is 5.91 Å². The van der Waals surface area contributed by atoms with E-state index in [4.69, 9.17) is 17.5 Å². The van der Waals surface area contributed by atoms with Gasteiger partial charge in [0, 0.05) is 11.1 Å². The number of amides is 1. The van der Waals surface area contributed by atoms with E-state index in [-0.39, 0.29) is 11.4 Å². The minimum atomic E-state index is -4.67. The molecule has 0 bridgehead atoms. The van der Waals surface area contributed by atoms with Crippen LogP contribution in [0.5, 0.6) is 0 Å². The van der Waals surface area contributed by atoms with Gasteiger partial charge in [-0.1, -0.05) is 6.58 Å². The Balaban J connectivity index is 0. The monoisotopic (exact) mass is 239 g/mol. The van der Waals surface area contributed by atoms with Crippen LogP contribution in [0.4, 0.5) is 0 Å². The second kappa shape index (κ2) is 5.84. The zero-order chi connectivity index (χ0) is 12.9. The van der Waals surface area contributed by atoms with Gasteiger partial charge in [0.25, 0.3) is 0 Å². The summed E-state index contributed by atoms with van der Waals surface area (Å²) in [5.74, 6) is -0.0764. The first-order valence-corrected chi connectivity index (χ1v) is 5.40. The highest BCUT2D eigenvalue weighted by molar-refractivity contribution is 7.79.